The van der Waals surface area contributed by atoms with Gasteiger partial charge in [0.1, 0.15) is 11.6 Å². The van der Waals surface area contributed by atoms with E-state index in [4.69, 9.17) is 9.47 Å². The molecule has 8 heteroatoms. The number of hydrogen-bond donors (Lipinski definition) is 0. The van der Waals surface area contributed by atoms with Gasteiger partial charge in [0.2, 0.25) is 0 Å². The number of carbonyl (C=O) groups excluding carboxylic acids is 1. The van der Waals surface area contributed by atoms with Crippen molar-refractivity contribution in [2.45, 2.75) is 36.2 Å². The molecule has 2 atom stereocenters. The summed E-state index contributed by atoms with van der Waals surface area (Å²) in [5.41, 5.74) is 1.05. The van der Waals surface area contributed by atoms with Crippen molar-refractivity contribution in [3.63, 3.8) is 0 Å². The van der Waals surface area contributed by atoms with Gasteiger partial charge in [0.15, 0.2) is 16.7 Å². The molecule has 1 fully saturated rings. The Morgan fingerprint density at radius 3 is 2.59 bits per heavy atom. The third-order valence-electron chi connectivity index (χ3n) is 5.45. The number of carbonyl (C=O) groups is 1. The fraction of sp³-hybridized carbons (Fsp3) is 0.526. The Morgan fingerprint density at radius 2 is 1.93 bits per heavy atom. The van der Waals surface area contributed by atoms with Gasteiger partial charge in [-0.1, -0.05) is 24.8 Å². The van der Waals surface area contributed by atoms with Crippen molar-refractivity contribution in [2.24, 2.45) is 5.92 Å². The van der Waals surface area contributed by atoms with Gasteiger partial charge in [0, 0.05) is 0 Å². The first-order valence-electron chi connectivity index (χ1n) is 9.19. The van der Waals surface area contributed by atoms with E-state index in [0.717, 1.165) is 37.4 Å². The molecule has 0 saturated carbocycles. The van der Waals surface area contributed by atoms with Crippen molar-refractivity contribution < 1.29 is 14.3 Å². The zero-order valence-electron chi connectivity index (χ0n) is 15.8. The highest BCUT2D eigenvalue weighted by Gasteiger charge is 2.43. The minimum atomic E-state index is -0.271. The maximum absolute atomic E-state index is 13.0. The zero-order chi connectivity index (χ0) is 19.0. The molecule has 2 aliphatic heterocycles. The predicted molar refractivity (Wildman–Crippen MR) is 103 cm³/mol. The summed E-state index contributed by atoms with van der Waals surface area (Å²) in [5.74, 6) is 2.08. The van der Waals surface area contributed by atoms with Gasteiger partial charge >= 0.3 is 0 Å². The number of benzene rings is 1. The quantitative estimate of drug-likeness (QED) is 0.780. The van der Waals surface area contributed by atoms with Crippen LogP contribution in [0.15, 0.2) is 29.7 Å². The Bertz CT molecular complexity index is 832. The smallest absolute Gasteiger partial charge is 0.264 e. The lowest BCUT2D eigenvalue weighted by Crippen LogP contribution is -2.42. The van der Waals surface area contributed by atoms with Crippen molar-refractivity contribution in [2.75, 3.05) is 27.3 Å². The van der Waals surface area contributed by atoms with Crippen molar-refractivity contribution in [3.05, 3.63) is 30.1 Å². The van der Waals surface area contributed by atoms with E-state index in [1.807, 2.05) is 18.2 Å². The predicted octanol–water partition coefficient (Wildman–Crippen LogP) is 2.88. The molecule has 2 aliphatic rings. The first-order chi connectivity index (χ1) is 13.1. The number of nitrogens with zero attached hydrogens (tertiary/aromatic N) is 4. The van der Waals surface area contributed by atoms with Gasteiger partial charge in [0.05, 0.1) is 20.3 Å². The fourth-order valence-electron chi connectivity index (χ4n) is 3.87. The second-order valence-corrected chi connectivity index (χ2v) is 8.22. The first-order valence-corrected chi connectivity index (χ1v) is 10.1. The molecule has 27 heavy (non-hydrogen) atoms. The second-order valence-electron chi connectivity index (χ2n) is 7.11. The Hall–Kier alpha value is -2.06. The molecule has 4 rings (SSSR count). The monoisotopic (exact) mass is 388 g/mol. The van der Waals surface area contributed by atoms with Crippen LogP contribution in [0.3, 0.4) is 0 Å². The molecule has 0 aliphatic carbocycles. The van der Waals surface area contributed by atoms with Crippen LogP contribution in [0.4, 0.5) is 0 Å². The van der Waals surface area contributed by atoms with Crippen LogP contribution >= 0.6 is 11.8 Å². The van der Waals surface area contributed by atoms with Crippen LogP contribution in [-0.2, 0) is 0 Å². The summed E-state index contributed by atoms with van der Waals surface area (Å²) in [7, 11) is 3.26. The normalized spacial score (nSPS) is 21.9. The number of fused-ring (bicyclic) bond motifs is 1. The van der Waals surface area contributed by atoms with E-state index in [2.05, 4.69) is 21.9 Å². The van der Waals surface area contributed by atoms with Crippen LogP contribution in [0.2, 0.25) is 0 Å². The van der Waals surface area contributed by atoms with Crippen LogP contribution in [0, 0.1) is 5.92 Å². The molecule has 0 radical (unpaired) electrons. The highest BCUT2D eigenvalue weighted by molar-refractivity contribution is 8.00. The SMILES string of the molecule is COc1ccc(C(C2Sc3ncnn3C2=O)N2CCC(C)CC2)cc1OC. The second kappa shape index (κ2) is 7.52. The maximum Gasteiger partial charge on any atom is 0.264 e. The van der Waals surface area contributed by atoms with Crippen LogP contribution in [0.25, 0.3) is 0 Å². The van der Waals surface area contributed by atoms with E-state index < -0.39 is 0 Å². The van der Waals surface area contributed by atoms with E-state index in [1.165, 1.54) is 22.8 Å². The number of rotatable bonds is 5. The number of hydrogen-bond acceptors (Lipinski definition) is 7. The van der Waals surface area contributed by atoms with Crippen LogP contribution < -0.4 is 9.47 Å². The minimum absolute atomic E-state index is 0.00842. The molecular formula is C19H24N4O3S. The number of likely N-dealkylation sites (tertiary alicyclic amines) is 1. The lowest BCUT2D eigenvalue weighted by molar-refractivity contribution is 0.0799. The number of aromatic nitrogens is 3. The van der Waals surface area contributed by atoms with E-state index >= 15 is 0 Å². The number of piperidine rings is 1. The van der Waals surface area contributed by atoms with Crippen LogP contribution in [-0.4, -0.2) is 58.1 Å². The third-order valence-corrected chi connectivity index (χ3v) is 6.65. The minimum Gasteiger partial charge on any atom is -0.493 e. The average Bonchev–Trinajstić information content (AvgIpc) is 3.27. The Morgan fingerprint density at radius 1 is 1.19 bits per heavy atom. The van der Waals surface area contributed by atoms with Gasteiger partial charge in [-0.3, -0.25) is 9.69 Å². The largest absolute Gasteiger partial charge is 0.493 e. The summed E-state index contributed by atoms with van der Waals surface area (Å²) >= 11 is 1.50. The van der Waals surface area contributed by atoms with Crippen molar-refractivity contribution in [1.82, 2.24) is 19.7 Å². The summed E-state index contributed by atoms with van der Waals surface area (Å²) in [6, 6.07) is 5.88. The summed E-state index contributed by atoms with van der Waals surface area (Å²) in [6.45, 7) is 4.23. The molecule has 1 aromatic heterocycles. The van der Waals surface area contributed by atoms with Crippen molar-refractivity contribution >= 4 is 17.7 Å². The van der Waals surface area contributed by atoms with E-state index in [9.17, 15) is 4.79 Å². The summed E-state index contributed by atoms with van der Waals surface area (Å²) < 4.78 is 12.3. The molecule has 2 aromatic rings. The number of ether oxygens (including phenoxy) is 2. The first kappa shape index (κ1) is 18.3. The molecule has 144 valence electrons. The highest BCUT2D eigenvalue weighted by atomic mass is 32.2. The van der Waals surface area contributed by atoms with Gasteiger partial charge in [-0.25, -0.2) is 4.98 Å². The van der Waals surface area contributed by atoms with Gasteiger partial charge < -0.3 is 9.47 Å². The molecule has 2 unspecified atom stereocenters. The summed E-state index contributed by atoms with van der Waals surface area (Å²) in [5, 5.41) is 4.49. The number of thioether (sulfide) groups is 1. The van der Waals surface area contributed by atoms with Gasteiger partial charge in [0.25, 0.3) is 5.91 Å². The zero-order valence-corrected chi connectivity index (χ0v) is 16.6. The van der Waals surface area contributed by atoms with Gasteiger partial charge in [-0.05, 0) is 49.5 Å². The molecule has 7 nitrogen and oxygen atoms in total. The average molecular weight is 388 g/mol. The summed E-state index contributed by atoms with van der Waals surface area (Å²) in [4.78, 5) is 19.7. The Labute approximate surface area is 163 Å². The lowest BCUT2D eigenvalue weighted by Gasteiger charge is -2.38. The van der Waals surface area contributed by atoms with E-state index in [1.54, 1.807) is 14.2 Å². The van der Waals surface area contributed by atoms with E-state index in [-0.39, 0.29) is 17.2 Å². The molecule has 0 N–H and O–H groups in total. The third kappa shape index (κ3) is 3.32. The van der Waals surface area contributed by atoms with Crippen molar-refractivity contribution in [1.29, 1.82) is 0 Å². The number of methoxy groups -OCH3 is 2. The molecule has 0 bridgehead atoms. The molecule has 3 heterocycles. The molecule has 0 amide bonds. The lowest BCUT2D eigenvalue weighted by atomic mass is 9.94. The molecule has 0 spiro atoms. The van der Waals surface area contributed by atoms with Crippen LogP contribution in [0.1, 0.15) is 36.2 Å². The van der Waals surface area contributed by atoms with Crippen LogP contribution in [0.5, 0.6) is 11.5 Å². The van der Waals surface area contributed by atoms with Crippen molar-refractivity contribution in [3.8, 4) is 11.5 Å². The molecule has 1 saturated heterocycles. The topological polar surface area (TPSA) is 69.5 Å². The molecule has 1 aromatic carbocycles. The van der Waals surface area contributed by atoms with E-state index in [0.29, 0.717) is 16.7 Å². The Balaban J connectivity index is 1.71. The Kier molecular flexibility index (Phi) is 5.10. The molecular weight excluding hydrogens is 364 g/mol. The fourth-order valence-corrected chi connectivity index (χ4v) is 5.10. The standard InChI is InChI=1S/C19H24N4O3S/c1-12-6-8-22(9-7-12)16(13-4-5-14(25-2)15(10-13)26-3)17-18(24)23-19(27-17)20-11-21-23/h4-5,10-12,16-17H,6-9H2,1-3H3. The summed E-state index contributed by atoms with van der Waals surface area (Å²) in [6.07, 6.45) is 3.71. The van der Waals surface area contributed by atoms with Gasteiger partial charge in [-0.15, -0.1) is 0 Å². The van der Waals surface area contributed by atoms with Gasteiger partial charge in [-0.2, -0.15) is 9.78 Å². The maximum atomic E-state index is 13.0. The highest BCUT2D eigenvalue weighted by Crippen LogP contribution is 2.43.